The van der Waals surface area contributed by atoms with Crippen LogP contribution in [-0.2, 0) is 50.7 Å². The monoisotopic (exact) mass is 860 g/mol. The Morgan fingerprint density at radius 1 is 1.00 bits per heavy atom. The molecular weight excluding hydrogens is 835 g/mol. The number of hydrogen-bond acceptors (Lipinski definition) is 17. The summed E-state index contributed by atoms with van der Waals surface area (Å²) in [4.78, 5) is 69.0. The summed E-state index contributed by atoms with van der Waals surface area (Å²) in [5.74, 6) is -1.01. The van der Waals surface area contributed by atoms with E-state index >= 15 is 0 Å². The smallest absolute Gasteiger partial charge is 0.404 e. The number of allylic oxidation sites excluding steroid dienone is 4. The van der Waals surface area contributed by atoms with Gasteiger partial charge >= 0.3 is 31.3 Å². The quantitative estimate of drug-likeness (QED) is 0.110. The summed E-state index contributed by atoms with van der Waals surface area (Å²) in [5, 5.41) is 10.1. The summed E-state index contributed by atoms with van der Waals surface area (Å²) < 4.78 is 78.7. The Hall–Kier alpha value is -2.71. The molecule has 1 aromatic carbocycles. The van der Waals surface area contributed by atoms with Gasteiger partial charge in [-0.05, 0) is 29.8 Å². The fourth-order valence-corrected chi connectivity index (χ4v) is 11.2. The normalized spacial score (nSPS) is 25.7. The topological polar surface area (TPSA) is 324 Å². The molecule has 0 saturated carbocycles. The first-order valence-electron chi connectivity index (χ1n) is 14.6. The van der Waals surface area contributed by atoms with Crippen LogP contribution in [0.5, 0.6) is 5.75 Å². The number of ketones is 1. The third kappa shape index (κ3) is 8.44. The molecule has 3 aliphatic rings. The number of aliphatic imine (C=N–C) groups is 1. The number of phosphoric acid groups is 4. The number of halogens is 2. The number of aliphatic hydroxyl groups is 1. The second-order valence-electron chi connectivity index (χ2n) is 11.8. The third-order valence-electron chi connectivity index (χ3n) is 7.81. The lowest BCUT2D eigenvalue weighted by molar-refractivity contribution is -0.111. The first-order chi connectivity index (χ1) is 24.5. The highest BCUT2D eigenvalue weighted by Gasteiger charge is 2.48. The predicted octanol–water partition coefficient (Wildman–Crippen LogP) is 4.17. The van der Waals surface area contributed by atoms with Gasteiger partial charge in [0.05, 0.1) is 40.5 Å². The van der Waals surface area contributed by atoms with Crippen LogP contribution in [0, 0.1) is 0 Å². The summed E-state index contributed by atoms with van der Waals surface area (Å²) >= 11 is 12.3. The van der Waals surface area contributed by atoms with Crippen molar-refractivity contribution >= 4 is 88.7 Å². The maximum absolute atomic E-state index is 12.7. The highest BCUT2D eigenvalue weighted by Crippen LogP contribution is 2.71. The van der Waals surface area contributed by atoms with Gasteiger partial charge in [0.15, 0.2) is 11.5 Å². The zero-order valence-corrected chi connectivity index (χ0v) is 31.8. The molecule has 6 rings (SSSR count). The number of aromatic nitrogens is 4. The molecule has 2 aromatic heterocycles. The van der Waals surface area contributed by atoms with E-state index in [-0.39, 0.29) is 33.5 Å². The number of carbonyl (C=O) groups is 1. The Bertz CT molecular complexity index is 2330. The Kier molecular flexibility index (Phi) is 10.6. The van der Waals surface area contributed by atoms with Gasteiger partial charge in [0.25, 0.3) is 0 Å². The van der Waals surface area contributed by atoms with Crippen molar-refractivity contribution in [2.45, 2.75) is 44.1 Å². The molecule has 0 radical (unpaired) electrons. The van der Waals surface area contributed by atoms with Crippen molar-refractivity contribution < 1.29 is 74.5 Å². The van der Waals surface area contributed by atoms with Crippen molar-refractivity contribution in [3.8, 4) is 5.75 Å². The van der Waals surface area contributed by atoms with Gasteiger partial charge in [0.2, 0.25) is 5.78 Å². The van der Waals surface area contributed by atoms with Crippen LogP contribution in [-0.4, -0.2) is 74.5 Å². The van der Waals surface area contributed by atoms with Crippen molar-refractivity contribution in [1.82, 2.24) is 19.5 Å². The number of carbonyl (C=O) groups excluding carboxylic acids is 1. The number of benzene rings is 1. The second kappa shape index (κ2) is 14.1. The van der Waals surface area contributed by atoms with Crippen LogP contribution < -0.4 is 10.3 Å². The van der Waals surface area contributed by atoms with Gasteiger partial charge in [0, 0.05) is 17.4 Å². The minimum Gasteiger partial charge on any atom is -0.404 e. The van der Waals surface area contributed by atoms with E-state index in [9.17, 15) is 47.7 Å². The molecule has 4 heterocycles. The molecule has 0 bridgehead atoms. The number of fused-ring (bicyclic) bond motifs is 3. The standard InChI is InChI=1S/C25H26Cl2N6O16P4/c1-25(2)12-5-11(3-4-14(12)32-15-6-13(26)22(35)20(27)19(15)25)46-51(38,39)48-53(42,43)49-52(40,41)47-50(36,37)44-8-17-16(34)7-18(45-17)33-10-31-21-23(28)29-9-30-24(21)33/h3-6,9-10,16-18,34H,7-8H2,1-2H3,(H,36,37)(H,38,39)(H,40,41)(H,42,43)(H2,28,29,30)/t16?,17-,18?/m1/s1. The highest BCUT2D eigenvalue weighted by molar-refractivity contribution is 7.69. The minimum atomic E-state index is -6.12. The SMILES string of the molecule is CC1(C)C2=C(Cl)C(=O)C(Cl)=CC2=Nc2ccc(OP(=O)(O)OP(=O)(O)OP(=O)(O)OP(=O)(O)OC[C@H]3OC(n4cnc5c(N)ncnc54)CC3O)cc21. The molecule has 53 heavy (non-hydrogen) atoms. The maximum Gasteiger partial charge on any atom is 0.536 e. The van der Waals surface area contributed by atoms with E-state index in [0.29, 0.717) is 22.5 Å². The number of phosphoric ester groups is 2. The zero-order chi connectivity index (χ0) is 38.9. The first-order valence-corrected chi connectivity index (χ1v) is 21.3. The second-order valence-corrected chi connectivity index (χ2v) is 18.8. The van der Waals surface area contributed by atoms with Gasteiger partial charge in [-0.15, -0.1) is 0 Å². The van der Waals surface area contributed by atoms with Crippen LogP contribution >= 0.6 is 54.5 Å². The number of ether oxygens (including phenoxy) is 1. The van der Waals surface area contributed by atoms with Crippen molar-refractivity contribution in [2.75, 3.05) is 12.3 Å². The number of nitrogens with zero attached hydrogens (tertiary/aromatic N) is 5. The molecule has 286 valence electrons. The van der Waals surface area contributed by atoms with E-state index in [4.69, 9.17) is 38.2 Å². The van der Waals surface area contributed by atoms with Gasteiger partial charge in [0.1, 0.15) is 29.9 Å². The van der Waals surface area contributed by atoms with Crippen LogP contribution in [0.3, 0.4) is 0 Å². The van der Waals surface area contributed by atoms with Gasteiger partial charge in [-0.2, -0.15) is 12.9 Å². The molecule has 3 aromatic rings. The fraction of sp³-hybridized carbons (Fsp3) is 0.320. The van der Waals surface area contributed by atoms with Crippen molar-refractivity contribution in [3.05, 3.63) is 58.1 Å². The number of rotatable bonds is 12. The average Bonchev–Trinajstić information content (AvgIpc) is 3.61. The molecule has 1 aliphatic carbocycles. The molecule has 6 unspecified atom stereocenters. The summed E-state index contributed by atoms with van der Waals surface area (Å²) in [6, 6.07) is 3.66. The van der Waals surface area contributed by atoms with Gasteiger partial charge < -0.3 is 34.8 Å². The van der Waals surface area contributed by atoms with E-state index in [1.807, 2.05) is 0 Å². The fourth-order valence-electron chi connectivity index (χ4n) is 5.58. The lowest BCUT2D eigenvalue weighted by Crippen LogP contribution is -2.32. The third-order valence-corrected chi connectivity index (χ3v) is 14.3. The molecule has 1 fully saturated rings. The minimum absolute atomic E-state index is 0.0782. The summed E-state index contributed by atoms with van der Waals surface area (Å²) in [6.07, 6.45) is 0.183. The van der Waals surface area contributed by atoms with E-state index in [0.717, 1.165) is 6.07 Å². The number of imidazole rings is 1. The van der Waals surface area contributed by atoms with E-state index < -0.39 is 73.3 Å². The van der Waals surface area contributed by atoms with Crippen molar-refractivity contribution in [3.63, 3.8) is 0 Å². The Morgan fingerprint density at radius 2 is 1.66 bits per heavy atom. The number of aliphatic hydroxyl groups excluding tert-OH is 1. The molecule has 22 nitrogen and oxygen atoms in total. The van der Waals surface area contributed by atoms with Crippen LogP contribution in [0.2, 0.25) is 0 Å². The lowest BCUT2D eigenvalue weighted by Gasteiger charge is -2.36. The number of Topliss-reactive ketones (excluding diaryl/α,β-unsaturated/α-hetero) is 1. The highest BCUT2D eigenvalue weighted by atomic mass is 35.5. The largest absolute Gasteiger partial charge is 0.536 e. The molecule has 7 N–H and O–H groups in total. The van der Waals surface area contributed by atoms with Crippen molar-refractivity contribution in [1.29, 1.82) is 0 Å². The van der Waals surface area contributed by atoms with Crippen LogP contribution in [0.4, 0.5) is 11.5 Å². The van der Waals surface area contributed by atoms with E-state index in [1.165, 1.54) is 35.4 Å². The van der Waals surface area contributed by atoms with Gasteiger partial charge in [-0.1, -0.05) is 37.0 Å². The molecule has 0 amide bonds. The number of hydrogen-bond donors (Lipinski definition) is 6. The number of nitrogens with two attached hydrogens (primary N) is 1. The summed E-state index contributed by atoms with van der Waals surface area (Å²) in [5.41, 5.74) is 6.44. The summed E-state index contributed by atoms with van der Waals surface area (Å²) in [6.45, 7) is 2.40. The molecule has 7 atom stereocenters. The van der Waals surface area contributed by atoms with Gasteiger partial charge in [-0.3, -0.25) is 18.8 Å². The van der Waals surface area contributed by atoms with Gasteiger partial charge in [-0.25, -0.2) is 38.2 Å². The molecule has 0 spiro atoms. The van der Waals surface area contributed by atoms with Crippen molar-refractivity contribution in [2.24, 2.45) is 4.99 Å². The first kappa shape index (κ1) is 40.0. The maximum atomic E-state index is 12.7. The zero-order valence-electron chi connectivity index (χ0n) is 26.7. The van der Waals surface area contributed by atoms with Crippen LogP contribution in [0.15, 0.2) is 57.6 Å². The van der Waals surface area contributed by atoms with Crippen LogP contribution in [0.25, 0.3) is 11.2 Å². The molecule has 28 heteroatoms. The average molecular weight is 861 g/mol. The number of nitrogen functional groups attached to an aromatic ring is 1. The lowest BCUT2D eigenvalue weighted by atomic mass is 9.71. The predicted molar refractivity (Wildman–Crippen MR) is 182 cm³/mol. The van der Waals surface area contributed by atoms with E-state index in [2.05, 4.69) is 37.4 Å². The summed E-state index contributed by atoms with van der Waals surface area (Å²) in [7, 11) is -23.6. The van der Waals surface area contributed by atoms with E-state index in [1.54, 1.807) is 13.8 Å². The Morgan fingerprint density at radius 3 is 2.36 bits per heavy atom. The Balaban J connectivity index is 1.07. The molecular formula is C25H26Cl2N6O16P4. The Labute approximate surface area is 307 Å². The number of anilines is 1. The van der Waals surface area contributed by atoms with Crippen LogP contribution in [0.1, 0.15) is 32.1 Å². The molecule has 1 saturated heterocycles. The molecule has 2 aliphatic heterocycles.